The number of halogens is 2. The molecule has 3 amide bonds. The number of morpholine rings is 1. The van der Waals surface area contributed by atoms with Crippen molar-refractivity contribution in [2.24, 2.45) is 7.05 Å². The lowest BCUT2D eigenvalue weighted by molar-refractivity contribution is -0.131. The Kier molecular flexibility index (Phi) is 13.0. The van der Waals surface area contributed by atoms with Crippen LogP contribution in [0.3, 0.4) is 0 Å². The minimum absolute atomic E-state index is 0.0726. The zero-order valence-corrected chi connectivity index (χ0v) is 37.9. The molecule has 0 saturated carbocycles. The highest BCUT2D eigenvalue weighted by Gasteiger charge is 2.33. The fraction of sp³-hybridized carbons (Fsp3) is 0.296. The smallest absolute Gasteiger partial charge is 0.264 e. The van der Waals surface area contributed by atoms with Crippen LogP contribution >= 0.6 is 0 Å². The lowest BCUT2D eigenvalue weighted by atomic mass is 9.89. The number of fused-ring (bicyclic) bond motifs is 2. The van der Waals surface area contributed by atoms with Crippen LogP contribution in [0.2, 0.25) is 0 Å². The predicted octanol–water partition coefficient (Wildman–Crippen LogP) is 8.55. The molecule has 13 heteroatoms. The Morgan fingerprint density at radius 1 is 0.821 bits per heavy atom. The van der Waals surface area contributed by atoms with Crippen LogP contribution < -0.4 is 9.64 Å². The van der Waals surface area contributed by atoms with Crippen LogP contribution in [0.1, 0.15) is 66.7 Å². The molecule has 1 aromatic heterocycles. The highest BCUT2D eigenvalue weighted by molar-refractivity contribution is 6.12. The minimum Gasteiger partial charge on any atom is -0.492 e. The Bertz CT molecular complexity index is 2900. The van der Waals surface area contributed by atoms with Crippen molar-refractivity contribution in [3.63, 3.8) is 0 Å². The predicted molar refractivity (Wildman–Crippen MR) is 251 cm³/mol. The number of rotatable bonds is 11. The summed E-state index contributed by atoms with van der Waals surface area (Å²) in [6, 6.07) is 33.0. The summed E-state index contributed by atoms with van der Waals surface area (Å²) in [5.41, 5.74) is 7.72. The molecule has 1 fully saturated rings. The van der Waals surface area contributed by atoms with Crippen LogP contribution in [-0.4, -0.2) is 89.0 Å². The first kappa shape index (κ1) is 45.0. The minimum atomic E-state index is -0.651. The number of carbonyl (C=O) groups is 3. The third kappa shape index (κ3) is 9.46. The van der Waals surface area contributed by atoms with Crippen LogP contribution in [0.25, 0.3) is 11.3 Å². The maximum atomic E-state index is 15.5. The van der Waals surface area contributed by atoms with Gasteiger partial charge in [0.25, 0.3) is 11.8 Å². The number of hydrogen-bond acceptors (Lipinski definition) is 7. The van der Waals surface area contributed by atoms with Gasteiger partial charge in [-0.1, -0.05) is 48.5 Å². The van der Waals surface area contributed by atoms with E-state index in [-0.39, 0.29) is 47.6 Å². The number of aromatic nitrogens is 1. The number of nitrogens with zero attached hydrogens (tertiary/aromatic N) is 6. The van der Waals surface area contributed by atoms with Crippen molar-refractivity contribution < 1.29 is 32.6 Å². The molecule has 1 atom stereocenters. The maximum absolute atomic E-state index is 15.5. The summed E-state index contributed by atoms with van der Waals surface area (Å²) in [6.45, 7) is 9.09. The van der Waals surface area contributed by atoms with Crippen LogP contribution in [0.4, 0.5) is 20.2 Å². The molecule has 3 aliphatic rings. The van der Waals surface area contributed by atoms with E-state index in [1.165, 1.54) is 28.7 Å². The third-order valence-corrected chi connectivity index (χ3v) is 13.4. The molecule has 11 nitrogen and oxygen atoms in total. The van der Waals surface area contributed by atoms with Gasteiger partial charge in [-0.15, -0.1) is 0 Å². The fourth-order valence-corrected chi connectivity index (χ4v) is 9.49. The molecule has 6 aromatic rings. The van der Waals surface area contributed by atoms with Gasteiger partial charge in [-0.05, 0) is 109 Å². The second-order valence-corrected chi connectivity index (χ2v) is 17.6. The molecule has 3 aliphatic heterocycles. The molecule has 0 unspecified atom stereocenters. The number of para-hydroxylation sites is 1. The van der Waals surface area contributed by atoms with Gasteiger partial charge in [-0.2, -0.15) is 5.26 Å². The largest absolute Gasteiger partial charge is 0.492 e. The van der Waals surface area contributed by atoms with Gasteiger partial charge in [0.15, 0.2) is 0 Å². The van der Waals surface area contributed by atoms with Crippen molar-refractivity contribution >= 4 is 29.1 Å². The highest BCUT2D eigenvalue weighted by Crippen LogP contribution is 2.37. The summed E-state index contributed by atoms with van der Waals surface area (Å²) in [5.74, 6) is -1.60. The topological polar surface area (TPSA) is 111 Å². The van der Waals surface area contributed by atoms with E-state index in [2.05, 4.69) is 11.0 Å². The van der Waals surface area contributed by atoms with Gasteiger partial charge >= 0.3 is 0 Å². The molecule has 5 aromatic carbocycles. The number of carbonyl (C=O) groups excluding carboxylic acids is 3. The number of hydrogen-bond donors (Lipinski definition) is 0. The second kappa shape index (κ2) is 19.4. The average Bonchev–Trinajstić information content (AvgIpc) is 3.64. The van der Waals surface area contributed by atoms with Crippen LogP contribution in [0, 0.1) is 29.9 Å². The summed E-state index contributed by atoms with van der Waals surface area (Å²) in [4.78, 5) is 51.1. The molecule has 0 aliphatic carbocycles. The molecule has 0 bridgehead atoms. The van der Waals surface area contributed by atoms with E-state index in [4.69, 9.17) is 9.47 Å². The number of nitriles is 1. The van der Waals surface area contributed by atoms with Crippen LogP contribution in [0.15, 0.2) is 109 Å². The SMILES string of the molecule is Cc1c(C(=O)N(c2ccccc2)c2cc(F)cc(C#N)c2)cc(-c2cc3c(cc2C(=O)N2Cc4ccccc4C[C@H]2C)CN(C(=O)Cc2ccc(OCCN4CCOCC4)cc2F)CC3)n1C. The van der Waals surface area contributed by atoms with E-state index in [9.17, 15) is 19.2 Å². The van der Waals surface area contributed by atoms with Crippen molar-refractivity contribution in [2.75, 3.05) is 50.9 Å². The first-order valence-corrected chi connectivity index (χ1v) is 22.7. The molecule has 0 N–H and O–H groups in total. The molecule has 342 valence electrons. The summed E-state index contributed by atoms with van der Waals surface area (Å²) in [5, 5.41) is 9.70. The van der Waals surface area contributed by atoms with Gasteiger partial charge in [0, 0.05) is 86.6 Å². The first-order chi connectivity index (χ1) is 32.4. The Morgan fingerprint density at radius 2 is 1.58 bits per heavy atom. The van der Waals surface area contributed by atoms with Crippen molar-refractivity contribution in [2.45, 2.75) is 52.2 Å². The normalized spacial score (nSPS) is 15.9. The van der Waals surface area contributed by atoms with Gasteiger partial charge in [0.1, 0.15) is 24.0 Å². The number of ether oxygens (including phenoxy) is 2. The third-order valence-electron chi connectivity index (χ3n) is 13.4. The molecule has 0 spiro atoms. The van der Waals surface area contributed by atoms with Crippen molar-refractivity contribution in [3.05, 3.63) is 171 Å². The lowest BCUT2D eigenvalue weighted by Crippen LogP contribution is -2.43. The summed E-state index contributed by atoms with van der Waals surface area (Å²) >= 11 is 0. The van der Waals surface area contributed by atoms with Crippen LogP contribution in [-0.2, 0) is 48.9 Å². The van der Waals surface area contributed by atoms with E-state index in [1.807, 2.05) is 72.8 Å². The van der Waals surface area contributed by atoms with Crippen molar-refractivity contribution in [3.8, 4) is 23.1 Å². The summed E-state index contributed by atoms with van der Waals surface area (Å²) in [6.07, 6.45) is 1.05. The Hall–Kier alpha value is -7.14. The monoisotopic (exact) mass is 902 g/mol. The van der Waals surface area contributed by atoms with Crippen LogP contribution in [0.5, 0.6) is 5.75 Å². The number of benzene rings is 5. The van der Waals surface area contributed by atoms with E-state index < -0.39 is 17.5 Å². The van der Waals surface area contributed by atoms with Crippen molar-refractivity contribution in [1.82, 2.24) is 19.3 Å². The molecule has 9 rings (SSSR count). The van der Waals surface area contributed by atoms with E-state index in [0.717, 1.165) is 35.8 Å². The second-order valence-electron chi connectivity index (χ2n) is 17.6. The van der Waals surface area contributed by atoms with E-state index >= 15 is 9.18 Å². The Balaban J connectivity index is 1.03. The Morgan fingerprint density at radius 3 is 2.34 bits per heavy atom. The zero-order valence-electron chi connectivity index (χ0n) is 37.9. The molecular formula is C54H52F2N6O5. The molecular weight excluding hydrogens is 851 g/mol. The quantitative estimate of drug-likeness (QED) is 0.128. The lowest BCUT2D eigenvalue weighted by Gasteiger charge is -2.36. The average molecular weight is 903 g/mol. The van der Waals surface area contributed by atoms with Gasteiger partial charge in [-0.3, -0.25) is 24.2 Å². The van der Waals surface area contributed by atoms with Gasteiger partial charge in [0.05, 0.1) is 42.5 Å². The zero-order chi connectivity index (χ0) is 46.8. The Labute approximate surface area is 389 Å². The van der Waals surface area contributed by atoms with Gasteiger partial charge in [-0.25, -0.2) is 8.78 Å². The maximum Gasteiger partial charge on any atom is 0.264 e. The summed E-state index contributed by atoms with van der Waals surface area (Å²) in [7, 11) is 1.85. The molecule has 1 saturated heterocycles. The van der Waals surface area contributed by atoms with Gasteiger partial charge in [0.2, 0.25) is 5.91 Å². The standard InChI is InChI=1S/C54H52F2N6O5/c1-35-23-38-9-7-8-10-41(38)34-61(35)53(64)49-27-42-33-60(52(63)28-40-13-14-46(30-50(40)56)67-22-19-59-17-20-66-21-18-59)16-15-39(42)26-48(49)51-31-47(36(2)58(51)3)54(65)62(44-11-5-4-6-12-44)45-25-37(32-57)24-43(55)29-45/h4-14,24-27,29-31,35H,15-23,28,33-34H2,1-3H3/t35-/m1/s1. The molecule has 0 radical (unpaired) electrons. The molecule has 67 heavy (non-hydrogen) atoms. The van der Waals surface area contributed by atoms with E-state index in [1.54, 1.807) is 47.4 Å². The number of anilines is 2. The van der Waals surface area contributed by atoms with Crippen molar-refractivity contribution in [1.29, 1.82) is 5.26 Å². The van der Waals surface area contributed by atoms with Gasteiger partial charge < -0.3 is 23.8 Å². The van der Waals surface area contributed by atoms with E-state index in [0.29, 0.717) is 91.8 Å². The number of amides is 3. The molecule has 4 heterocycles. The highest BCUT2D eigenvalue weighted by atomic mass is 19.1. The first-order valence-electron chi connectivity index (χ1n) is 22.7. The summed E-state index contributed by atoms with van der Waals surface area (Å²) < 4.78 is 43.5. The fourth-order valence-electron chi connectivity index (χ4n) is 9.49.